The van der Waals surface area contributed by atoms with Crippen LogP contribution in [0.1, 0.15) is 11.1 Å². The van der Waals surface area contributed by atoms with E-state index in [0.717, 1.165) is 5.56 Å². The molecule has 60 valence electrons. The lowest BCUT2D eigenvalue weighted by Crippen LogP contribution is -1.86. The summed E-state index contributed by atoms with van der Waals surface area (Å²) in [6.07, 6.45) is 0. The van der Waals surface area contributed by atoms with E-state index in [2.05, 4.69) is 0 Å². The number of benzene rings is 1. The largest absolute Gasteiger partial charge is 0.504 e. The Hall–Kier alpha value is -0.760. The Labute approximate surface area is 69.4 Å². The fourth-order valence-electron chi connectivity index (χ4n) is 0.822. The zero-order valence-corrected chi connectivity index (χ0v) is 7.04. The third kappa shape index (κ3) is 1.31. The third-order valence-electron chi connectivity index (χ3n) is 1.70. The van der Waals surface area contributed by atoms with Crippen LogP contribution in [0, 0.1) is 19.7 Å². The minimum atomic E-state index is -0.668. The zero-order chi connectivity index (χ0) is 8.59. The van der Waals surface area contributed by atoms with Gasteiger partial charge in [-0.25, -0.2) is 4.39 Å². The average Bonchev–Trinajstić information content (AvgIpc) is 1.97. The molecular weight excluding hydrogens is 167 g/mol. The first kappa shape index (κ1) is 8.34. The number of phenolic OH excluding ortho intramolecular Hbond substituents is 1. The summed E-state index contributed by atoms with van der Waals surface area (Å²) in [4.78, 5) is 0. The van der Waals surface area contributed by atoms with Gasteiger partial charge in [-0.15, -0.1) is 0 Å². The van der Waals surface area contributed by atoms with Crippen LogP contribution in [0.25, 0.3) is 0 Å². The highest BCUT2D eigenvalue weighted by atomic mass is 35.5. The van der Waals surface area contributed by atoms with Crippen molar-refractivity contribution in [3.63, 3.8) is 0 Å². The summed E-state index contributed by atoms with van der Waals surface area (Å²) < 4.78 is 12.7. The van der Waals surface area contributed by atoms with E-state index in [1.54, 1.807) is 13.8 Å². The van der Waals surface area contributed by atoms with Crippen molar-refractivity contribution in [3.05, 3.63) is 28.0 Å². The van der Waals surface area contributed by atoms with Crippen LogP contribution < -0.4 is 0 Å². The van der Waals surface area contributed by atoms with Gasteiger partial charge in [-0.3, -0.25) is 0 Å². The highest BCUT2D eigenvalue weighted by molar-refractivity contribution is 6.32. The number of aryl methyl sites for hydroxylation is 1. The van der Waals surface area contributed by atoms with Gasteiger partial charge >= 0.3 is 0 Å². The Balaban J connectivity index is 3.46. The molecule has 0 atom stereocenters. The molecule has 0 aromatic heterocycles. The molecule has 0 saturated carbocycles. The number of phenols is 1. The van der Waals surface area contributed by atoms with Crippen LogP contribution in [0.3, 0.4) is 0 Å². The summed E-state index contributed by atoms with van der Waals surface area (Å²) in [5.41, 5.74) is 1.45. The van der Waals surface area contributed by atoms with Crippen molar-refractivity contribution < 1.29 is 9.50 Å². The first-order valence-electron chi connectivity index (χ1n) is 3.18. The van der Waals surface area contributed by atoms with Crippen LogP contribution in [-0.4, -0.2) is 5.11 Å². The lowest BCUT2D eigenvalue weighted by molar-refractivity contribution is 0.432. The summed E-state index contributed by atoms with van der Waals surface area (Å²) in [6, 6.07) is 1.26. The predicted molar refractivity (Wildman–Crippen MR) is 42.5 cm³/mol. The molecule has 0 saturated heterocycles. The zero-order valence-electron chi connectivity index (χ0n) is 6.28. The standard InChI is InChI=1S/C8H8ClFO/c1-4-3-6(10)8(11)7(9)5(4)2/h3,11H,1-2H3. The predicted octanol–water partition coefficient (Wildman–Crippen LogP) is 2.80. The van der Waals surface area contributed by atoms with E-state index in [1.807, 2.05) is 0 Å². The fraction of sp³-hybridized carbons (Fsp3) is 0.250. The first-order valence-corrected chi connectivity index (χ1v) is 3.56. The fourth-order valence-corrected chi connectivity index (χ4v) is 1.06. The van der Waals surface area contributed by atoms with Gasteiger partial charge in [0.1, 0.15) is 0 Å². The molecule has 1 aromatic carbocycles. The average molecular weight is 175 g/mol. The third-order valence-corrected chi connectivity index (χ3v) is 2.16. The summed E-state index contributed by atoms with van der Waals surface area (Å²) in [5, 5.41) is 9.10. The quantitative estimate of drug-likeness (QED) is 0.641. The Morgan fingerprint density at radius 3 is 2.55 bits per heavy atom. The summed E-state index contributed by atoms with van der Waals surface area (Å²) >= 11 is 5.60. The SMILES string of the molecule is Cc1cc(F)c(O)c(Cl)c1C. The van der Waals surface area contributed by atoms with Gasteiger partial charge in [-0.05, 0) is 31.0 Å². The number of hydrogen-bond donors (Lipinski definition) is 1. The molecule has 0 aliphatic heterocycles. The van der Waals surface area contributed by atoms with Crippen molar-refractivity contribution in [2.24, 2.45) is 0 Å². The lowest BCUT2D eigenvalue weighted by Gasteiger charge is -2.04. The highest BCUT2D eigenvalue weighted by Crippen LogP contribution is 2.31. The highest BCUT2D eigenvalue weighted by Gasteiger charge is 2.09. The number of rotatable bonds is 0. The van der Waals surface area contributed by atoms with Crippen LogP contribution in [0.5, 0.6) is 5.75 Å². The van der Waals surface area contributed by atoms with Gasteiger partial charge in [0.15, 0.2) is 11.6 Å². The maximum Gasteiger partial charge on any atom is 0.170 e. The molecular formula is C8H8ClFO. The molecule has 1 N–H and O–H groups in total. The van der Waals surface area contributed by atoms with E-state index < -0.39 is 11.6 Å². The summed E-state index contributed by atoms with van der Waals surface area (Å²) in [7, 11) is 0. The second kappa shape index (κ2) is 2.70. The summed E-state index contributed by atoms with van der Waals surface area (Å²) in [5.74, 6) is -1.13. The van der Waals surface area contributed by atoms with E-state index in [4.69, 9.17) is 16.7 Å². The molecule has 0 radical (unpaired) electrons. The number of aromatic hydroxyl groups is 1. The smallest absolute Gasteiger partial charge is 0.170 e. The van der Waals surface area contributed by atoms with E-state index in [9.17, 15) is 4.39 Å². The molecule has 1 nitrogen and oxygen atoms in total. The van der Waals surface area contributed by atoms with Crippen LogP contribution in [0.4, 0.5) is 4.39 Å². The van der Waals surface area contributed by atoms with E-state index in [0.29, 0.717) is 5.56 Å². The molecule has 0 unspecified atom stereocenters. The Morgan fingerprint density at radius 2 is 2.00 bits per heavy atom. The van der Waals surface area contributed by atoms with E-state index in [-0.39, 0.29) is 5.02 Å². The first-order chi connectivity index (χ1) is 5.04. The molecule has 0 bridgehead atoms. The molecule has 0 amide bonds. The van der Waals surface area contributed by atoms with Crippen LogP contribution >= 0.6 is 11.6 Å². The van der Waals surface area contributed by atoms with Gasteiger partial charge in [0, 0.05) is 0 Å². The van der Waals surface area contributed by atoms with Gasteiger partial charge in [-0.1, -0.05) is 11.6 Å². The minimum Gasteiger partial charge on any atom is -0.504 e. The summed E-state index contributed by atoms with van der Waals surface area (Å²) in [6.45, 7) is 3.47. The maximum absolute atomic E-state index is 12.7. The topological polar surface area (TPSA) is 20.2 Å². The van der Waals surface area contributed by atoms with Gasteiger partial charge in [-0.2, -0.15) is 0 Å². The molecule has 0 aliphatic rings. The van der Waals surface area contributed by atoms with Gasteiger partial charge in [0.05, 0.1) is 5.02 Å². The molecule has 0 spiro atoms. The molecule has 11 heavy (non-hydrogen) atoms. The molecule has 3 heteroatoms. The number of hydrogen-bond acceptors (Lipinski definition) is 1. The Kier molecular flexibility index (Phi) is 2.05. The molecule has 0 fully saturated rings. The van der Waals surface area contributed by atoms with Crippen LogP contribution in [-0.2, 0) is 0 Å². The second-order valence-corrected chi connectivity index (χ2v) is 2.84. The van der Waals surface area contributed by atoms with Crippen molar-refractivity contribution in [2.45, 2.75) is 13.8 Å². The van der Waals surface area contributed by atoms with Gasteiger partial charge in [0.2, 0.25) is 0 Å². The van der Waals surface area contributed by atoms with Crippen molar-refractivity contribution in [1.29, 1.82) is 0 Å². The molecule has 1 aromatic rings. The van der Waals surface area contributed by atoms with E-state index in [1.165, 1.54) is 6.07 Å². The lowest BCUT2D eigenvalue weighted by atomic mass is 10.1. The normalized spacial score (nSPS) is 10.2. The van der Waals surface area contributed by atoms with Crippen molar-refractivity contribution in [2.75, 3.05) is 0 Å². The molecule has 0 aliphatic carbocycles. The Bertz CT molecular complexity index is 270. The van der Waals surface area contributed by atoms with Crippen LogP contribution in [0.15, 0.2) is 6.07 Å². The second-order valence-electron chi connectivity index (χ2n) is 2.46. The Morgan fingerprint density at radius 1 is 1.45 bits per heavy atom. The van der Waals surface area contributed by atoms with Crippen molar-refractivity contribution in [3.8, 4) is 5.75 Å². The van der Waals surface area contributed by atoms with Crippen molar-refractivity contribution in [1.82, 2.24) is 0 Å². The van der Waals surface area contributed by atoms with Crippen LogP contribution in [0.2, 0.25) is 5.02 Å². The van der Waals surface area contributed by atoms with Gasteiger partial charge < -0.3 is 5.11 Å². The maximum atomic E-state index is 12.7. The number of halogens is 2. The minimum absolute atomic E-state index is 0.0995. The van der Waals surface area contributed by atoms with E-state index >= 15 is 0 Å². The molecule has 1 rings (SSSR count). The van der Waals surface area contributed by atoms with Crippen molar-refractivity contribution >= 4 is 11.6 Å². The molecule has 0 heterocycles. The van der Waals surface area contributed by atoms with Gasteiger partial charge in [0.25, 0.3) is 0 Å². The monoisotopic (exact) mass is 174 g/mol.